The molecule has 218 valence electrons. The largest absolute Gasteiger partial charge is 0.508 e. The molecule has 0 aromatic heterocycles. The number of hydrogen-bond donors (Lipinski definition) is 8. The maximum absolute atomic E-state index is 13.3. The van der Waals surface area contributed by atoms with Crippen molar-refractivity contribution in [3.63, 3.8) is 0 Å². The highest BCUT2D eigenvalue weighted by atomic mass is 16.4. The van der Waals surface area contributed by atoms with E-state index in [1.54, 1.807) is 32.9 Å². The third-order valence-corrected chi connectivity index (χ3v) is 6.34. The van der Waals surface area contributed by atoms with Gasteiger partial charge in [0, 0.05) is 13.0 Å². The number of nitrogens with zero attached hydrogens (tertiary/aromatic N) is 1. The third kappa shape index (κ3) is 11.6. The van der Waals surface area contributed by atoms with E-state index in [0.717, 1.165) is 0 Å². The summed E-state index contributed by atoms with van der Waals surface area (Å²) < 4.78 is 0. The minimum Gasteiger partial charge on any atom is -0.508 e. The van der Waals surface area contributed by atoms with E-state index < -0.39 is 47.9 Å². The van der Waals surface area contributed by atoms with Crippen molar-refractivity contribution < 1.29 is 29.4 Å². The Balaban J connectivity index is 2.93. The van der Waals surface area contributed by atoms with Gasteiger partial charge in [-0.3, -0.25) is 19.4 Å². The van der Waals surface area contributed by atoms with E-state index in [1.807, 2.05) is 6.92 Å². The molecule has 0 aliphatic rings. The van der Waals surface area contributed by atoms with Gasteiger partial charge in [0.15, 0.2) is 5.96 Å². The van der Waals surface area contributed by atoms with Gasteiger partial charge in [-0.2, -0.15) is 0 Å². The smallest absolute Gasteiger partial charge is 0.326 e. The van der Waals surface area contributed by atoms with Gasteiger partial charge in [-0.25, -0.2) is 4.79 Å². The molecule has 0 saturated heterocycles. The first-order valence-electron chi connectivity index (χ1n) is 13.0. The SMILES string of the molecule is CCC(C)C(NC(=O)C(N)CCCN=C(N)N)C(=O)NC(C(=O)NC(Cc1ccc(O)cc1)C(=O)O)C(C)C. The van der Waals surface area contributed by atoms with Gasteiger partial charge in [0.1, 0.15) is 23.9 Å². The molecular formula is C26H43N7O6. The molecule has 1 rings (SSSR count). The number of amides is 3. The van der Waals surface area contributed by atoms with Crippen LogP contribution in [0.4, 0.5) is 0 Å². The minimum atomic E-state index is -1.26. The first-order valence-corrected chi connectivity index (χ1v) is 13.0. The molecule has 0 aliphatic carbocycles. The summed E-state index contributed by atoms with van der Waals surface area (Å²) in [4.78, 5) is 54.8. The van der Waals surface area contributed by atoms with Gasteiger partial charge in [0.25, 0.3) is 0 Å². The fraction of sp³-hybridized carbons (Fsp3) is 0.577. The molecule has 5 unspecified atom stereocenters. The number of hydrogen-bond acceptors (Lipinski definition) is 7. The van der Waals surface area contributed by atoms with Gasteiger partial charge in [-0.05, 0) is 42.4 Å². The lowest BCUT2D eigenvalue weighted by Gasteiger charge is -2.29. The Hall–Kier alpha value is -3.87. The molecule has 0 radical (unpaired) electrons. The number of nitrogens with one attached hydrogen (secondary N) is 3. The maximum Gasteiger partial charge on any atom is 0.326 e. The van der Waals surface area contributed by atoms with Crippen molar-refractivity contribution in [3.8, 4) is 5.75 Å². The molecule has 5 atom stereocenters. The van der Waals surface area contributed by atoms with Crippen molar-refractivity contribution in [1.82, 2.24) is 16.0 Å². The van der Waals surface area contributed by atoms with E-state index in [9.17, 15) is 29.4 Å². The molecule has 3 amide bonds. The number of phenolic OH excluding ortho intramolecular Hbond substituents is 1. The Morgan fingerprint density at radius 3 is 2.00 bits per heavy atom. The molecule has 1 aromatic carbocycles. The summed E-state index contributed by atoms with van der Waals surface area (Å²) >= 11 is 0. The number of carboxylic acids is 1. The number of nitrogens with two attached hydrogens (primary N) is 3. The van der Waals surface area contributed by atoms with E-state index >= 15 is 0 Å². The average molecular weight is 550 g/mol. The quantitative estimate of drug-likeness (QED) is 0.0756. The van der Waals surface area contributed by atoms with Crippen LogP contribution in [0.1, 0.15) is 52.5 Å². The molecule has 13 nitrogen and oxygen atoms in total. The summed E-state index contributed by atoms with van der Waals surface area (Å²) in [5.41, 5.74) is 17.2. The lowest BCUT2D eigenvalue weighted by Crippen LogP contribution is -2.59. The van der Waals surface area contributed by atoms with Crippen LogP contribution in [0.15, 0.2) is 29.3 Å². The molecule has 11 N–H and O–H groups in total. The predicted octanol–water partition coefficient (Wildman–Crippen LogP) is -0.443. The summed E-state index contributed by atoms with van der Waals surface area (Å²) in [6, 6.07) is 1.79. The molecule has 0 heterocycles. The molecule has 0 saturated carbocycles. The Bertz CT molecular complexity index is 995. The van der Waals surface area contributed by atoms with Crippen LogP contribution in [0.5, 0.6) is 5.75 Å². The Morgan fingerprint density at radius 1 is 0.923 bits per heavy atom. The highest BCUT2D eigenvalue weighted by molar-refractivity contribution is 5.94. The number of carbonyl (C=O) groups is 4. The second-order valence-electron chi connectivity index (χ2n) is 9.93. The molecule has 1 aromatic rings. The highest BCUT2D eigenvalue weighted by Crippen LogP contribution is 2.13. The van der Waals surface area contributed by atoms with Crippen molar-refractivity contribution in [2.24, 2.45) is 34.0 Å². The van der Waals surface area contributed by atoms with Crippen LogP contribution in [0.25, 0.3) is 0 Å². The van der Waals surface area contributed by atoms with Gasteiger partial charge in [-0.1, -0.05) is 46.2 Å². The number of benzene rings is 1. The summed E-state index contributed by atoms with van der Waals surface area (Å²) in [5.74, 6) is -3.70. The maximum atomic E-state index is 13.3. The lowest BCUT2D eigenvalue weighted by molar-refractivity contribution is -0.142. The lowest BCUT2D eigenvalue weighted by atomic mass is 9.95. The van der Waals surface area contributed by atoms with Crippen molar-refractivity contribution >= 4 is 29.7 Å². The Morgan fingerprint density at radius 2 is 1.49 bits per heavy atom. The zero-order valence-electron chi connectivity index (χ0n) is 23.0. The van der Waals surface area contributed by atoms with Crippen LogP contribution in [-0.2, 0) is 25.6 Å². The van der Waals surface area contributed by atoms with Gasteiger partial charge in [0.2, 0.25) is 17.7 Å². The second kappa shape index (κ2) is 16.2. The molecule has 13 heteroatoms. The first kappa shape index (κ1) is 33.2. The van der Waals surface area contributed by atoms with Crippen LogP contribution in [0.3, 0.4) is 0 Å². The number of aromatic hydroxyl groups is 1. The van der Waals surface area contributed by atoms with Crippen molar-refractivity contribution in [3.05, 3.63) is 29.8 Å². The van der Waals surface area contributed by atoms with Crippen LogP contribution >= 0.6 is 0 Å². The topological polar surface area (TPSA) is 235 Å². The van der Waals surface area contributed by atoms with Gasteiger partial charge >= 0.3 is 5.97 Å². The number of aliphatic carboxylic acids is 1. The van der Waals surface area contributed by atoms with Crippen LogP contribution in [0.2, 0.25) is 0 Å². The number of carboxylic acid groups (broad SMARTS) is 1. The van der Waals surface area contributed by atoms with Crippen molar-refractivity contribution in [2.75, 3.05) is 6.54 Å². The summed E-state index contributed by atoms with van der Waals surface area (Å²) in [7, 11) is 0. The normalized spacial score (nSPS) is 14.8. The Labute approximate surface area is 229 Å². The third-order valence-electron chi connectivity index (χ3n) is 6.34. The number of phenols is 1. The fourth-order valence-corrected chi connectivity index (χ4v) is 3.72. The summed E-state index contributed by atoms with van der Waals surface area (Å²) in [6.45, 7) is 7.39. The zero-order chi connectivity index (χ0) is 29.7. The summed E-state index contributed by atoms with van der Waals surface area (Å²) in [6.07, 6.45) is 1.31. The van der Waals surface area contributed by atoms with Crippen LogP contribution < -0.4 is 33.2 Å². The predicted molar refractivity (Wildman–Crippen MR) is 147 cm³/mol. The van der Waals surface area contributed by atoms with Crippen LogP contribution in [0, 0.1) is 11.8 Å². The first-order chi connectivity index (χ1) is 18.3. The van der Waals surface area contributed by atoms with Crippen LogP contribution in [-0.4, -0.2) is 70.6 Å². The van der Waals surface area contributed by atoms with E-state index in [0.29, 0.717) is 31.4 Å². The summed E-state index contributed by atoms with van der Waals surface area (Å²) in [5, 5.41) is 27.0. The van der Waals surface area contributed by atoms with E-state index in [4.69, 9.17) is 17.2 Å². The molecule has 0 fully saturated rings. The van der Waals surface area contributed by atoms with Crippen molar-refractivity contribution in [1.29, 1.82) is 0 Å². The van der Waals surface area contributed by atoms with E-state index in [1.165, 1.54) is 12.1 Å². The van der Waals surface area contributed by atoms with Gasteiger partial charge in [0.05, 0.1) is 6.04 Å². The monoisotopic (exact) mass is 549 g/mol. The van der Waals surface area contributed by atoms with Crippen molar-refractivity contribution in [2.45, 2.75) is 77.5 Å². The van der Waals surface area contributed by atoms with E-state index in [-0.39, 0.29) is 30.0 Å². The van der Waals surface area contributed by atoms with E-state index in [2.05, 4.69) is 20.9 Å². The zero-order valence-corrected chi connectivity index (χ0v) is 23.0. The number of carbonyl (C=O) groups excluding carboxylic acids is 3. The van der Waals surface area contributed by atoms with Gasteiger partial charge < -0.3 is 43.4 Å². The molecular weight excluding hydrogens is 506 g/mol. The Kier molecular flexibility index (Phi) is 13.7. The molecule has 0 spiro atoms. The molecule has 39 heavy (non-hydrogen) atoms. The minimum absolute atomic E-state index is 0.0211. The number of guanidine groups is 1. The number of aliphatic imine (C=N–C) groups is 1. The molecule has 0 aliphatic heterocycles. The number of rotatable bonds is 16. The highest BCUT2D eigenvalue weighted by Gasteiger charge is 2.33. The fourth-order valence-electron chi connectivity index (χ4n) is 3.72. The van der Waals surface area contributed by atoms with Gasteiger partial charge in [-0.15, -0.1) is 0 Å². The second-order valence-corrected chi connectivity index (χ2v) is 9.93. The molecule has 0 bridgehead atoms. The average Bonchev–Trinajstić information content (AvgIpc) is 2.87. The standard InChI is InChI=1S/C26H43N7O6/c1-5-15(4)21(33-22(35)18(27)7-6-12-30-26(28)29)24(37)32-20(14(2)3)23(36)31-19(25(38)39)13-16-8-10-17(34)11-9-16/h8-11,14-15,18-21,34H,5-7,12-13,27H2,1-4H3,(H,31,36)(H,32,37)(H,33,35)(H,38,39)(H4,28,29,30).